The number of halogens is 1. The maximum Gasteiger partial charge on any atom is 0.343 e. The van der Waals surface area contributed by atoms with Crippen LogP contribution in [-0.2, 0) is 14.8 Å². The molecule has 2 aromatic carbocycles. The van der Waals surface area contributed by atoms with Crippen LogP contribution in [0.3, 0.4) is 0 Å². The first-order chi connectivity index (χ1) is 12.3. The second-order valence-corrected chi connectivity index (χ2v) is 8.37. The third-order valence-electron chi connectivity index (χ3n) is 3.91. The molecule has 0 fully saturated rings. The van der Waals surface area contributed by atoms with Gasteiger partial charge in [-0.15, -0.1) is 0 Å². The highest BCUT2D eigenvalue weighted by molar-refractivity contribution is 9.10. The quantitative estimate of drug-likeness (QED) is 0.590. The zero-order valence-corrected chi connectivity index (χ0v) is 16.3. The summed E-state index contributed by atoms with van der Waals surface area (Å²) in [7, 11) is -2.89. The van der Waals surface area contributed by atoms with E-state index >= 15 is 0 Å². The van der Waals surface area contributed by atoms with Crippen LogP contribution in [0.1, 0.15) is 15.9 Å². The predicted molar refractivity (Wildman–Crippen MR) is 101 cm³/mol. The number of hydrogen-bond donors (Lipinski definition) is 0. The lowest BCUT2D eigenvalue weighted by Crippen LogP contribution is -2.23. The number of nitrogens with zero attached hydrogens (tertiary/aromatic N) is 1. The predicted octanol–water partition coefficient (Wildman–Crippen LogP) is 3.10. The molecule has 3 rings (SSSR count). The average Bonchev–Trinajstić information content (AvgIpc) is 2.62. The summed E-state index contributed by atoms with van der Waals surface area (Å²) < 4.78 is 32.4. The third-order valence-corrected chi connectivity index (χ3v) is 6.10. The molecule has 0 radical (unpaired) electrons. The second-order valence-electron chi connectivity index (χ2n) is 5.64. The van der Waals surface area contributed by atoms with Gasteiger partial charge in [-0.25, -0.2) is 17.2 Å². The number of rotatable bonds is 3. The largest absolute Gasteiger partial charge is 0.465 e. The number of carbonyl (C=O) groups excluding carboxylic acids is 1. The summed E-state index contributed by atoms with van der Waals surface area (Å²) in [5.74, 6) is -0.898. The summed E-state index contributed by atoms with van der Waals surface area (Å²) in [6, 6.07) is 10.9. The van der Waals surface area contributed by atoms with Crippen LogP contribution in [0.25, 0.3) is 10.9 Å². The van der Waals surface area contributed by atoms with Crippen molar-refractivity contribution in [2.75, 3.05) is 7.11 Å². The number of benzene rings is 2. The van der Waals surface area contributed by atoms with E-state index in [-0.39, 0.29) is 21.4 Å². The molecule has 0 N–H and O–H groups in total. The highest BCUT2D eigenvalue weighted by Crippen LogP contribution is 2.23. The van der Waals surface area contributed by atoms with Crippen LogP contribution in [-0.4, -0.2) is 25.5 Å². The number of esters is 1. The van der Waals surface area contributed by atoms with E-state index in [2.05, 4.69) is 20.7 Å². The van der Waals surface area contributed by atoms with Crippen LogP contribution in [0.4, 0.5) is 0 Å². The molecule has 0 aliphatic rings. The van der Waals surface area contributed by atoms with Crippen molar-refractivity contribution in [3.63, 3.8) is 0 Å². The van der Waals surface area contributed by atoms with E-state index in [9.17, 15) is 18.0 Å². The molecule has 1 heterocycles. The number of aromatic nitrogens is 1. The fourth-order valence-corrected chi connectivity index (χ4v) is 4.28. The van der Waals surface area contributed by atoms with Gasteiger partial charge in [0.25, 0.3) is 10.0 Å². The Morgan fingerprint density at radius 2 is 1.77 bits per heavy atom. The molecule has 0 aliphatic carbocycles. The Balaban J connectivity index is 2.41. The standard InChI is InChI=1S/C18H14BrNO5S/c1-11-3-6-13(7-4-11)26(23,24)20-10-15(18(22)25-2)17(21)14-9-12(19)5-8-16(14)20/h3-10H,1-2H3. The van der Waals surface area contributed by atoms with E-state index in [1.807, 2.05) is 6.92 Å². The number of ether oxygens (including phenoxy) is 1. The van der Waals surface area contributed by atoms with E-state index in [0.29, 0.717) is 4.47 Å². The van der Waals surface area contributed by atoms with Gasteiger partial charge in [0.2, 0.25) is 5.43 Å². The van der Waals surface area contributed by atoms with E-state index in [1.54, 1.807) is 18.2 Å². The van der Waals surface area contributed by atoms with E-state index in [0.717, 1.165) is 22.8 Å². The fraction of sp³-hybridized carbons (Fsp3) is 0.111. The van der Waals surface area contributed by atoms with Crippen LogP contribution in [0.5, 0.6) is 0 Å². The van der Waals surface area contributed by atoms with Gasteiger partial charge in [-0.2, -0.15) is 0 Å². The number of hydrogen-bond acceptors (Lipinski definition) is 5. The van der Waals surface area contributed by atoms with Crippen molar-refractivity contribution in [2.24, 2.45) is 0 Å². The maximum atomic E-state index is 13.1. The summed E-state index contributed by atoms with van der Waals surface area (Å²) in [5, 5.41) is 0.0953. The van der Waals surface area contributed by atoms with Gasteiger partial charge in [0.05, 0.1) is 17.5 Å². The summed E-state index contributed by atoms with van der Waals surface area (Å²) in [5.41, 5.74) is 0.136. The van der Waals surface area contributed by atoms with Gasteiger partial charge in [-0.1, -0.05) is 33.6 Å². The van der Waals surface area contributed by atoms with Crippen molar-refractivity contribution < 1.29 is 17.9 Å². The van der Waals surface area contributed by atoms with Gasteiger partial charge in [0.15, 0.2) is 0 Å². The van der Waals surface area contributed by atoms with Gasteiger partial charge < -0.3 is 4.74 Å². The smallest absolute Gasteiger partial charge is 0.343 e. The van der Waals surface area contributed by atoms with Gasteiger partial charge in [0.1, 0.15) is 5.56 Å². The third kappa shape index (κ3) is 3.06. The molecule has 0 atom stereocenters. The molecule has 0 spiro atoms. The maximum absolute atomic E-state index is 13.1. The molecule has 26 heavy (non-hydrogen) atoms. The molecular weight excluding hydrogens is 422 g/mol. The normalized spacial score (nSPS) is 11.5. The monoisotopic (exact) mass is 435 g/mol. The van der Waals surface area contributed by atoms with Crippen molar-refractivity contribution in [2.45, 2.75) is 11.8 Å². The Morgan fingerprint density at radius 1 is 1.12 bits per heavy atom. The first-order valence-corrected chi connectivity index (χ1v) is 9.74. The number of methoxy groups -OCH3 is 1. The average molecular weight is 436 g/mol. The minimum atomic E-state index is -4.02. The summed E-state index contributed by atoms with van der Waals surface area (Å²) in [6.45, 7) is 1.85. The zero-order valence-electron chi connectivity index (χ0n) is 13.9. The van der Waals surface area contributed by atoms with Crippen LogP contribution in [0.2, 0.25) is 0 Å². The molecule has 0 bridgehead atoms. The van der Waals surface area contributed by atoms with E-state index in [4.69, 9.17) is 0 Å². The van der Waals surface area contributed by atoms with Crippen molar-refractivity contribution in [1.82, 2.24) is 3.97 Å². The molecular formula is C18H14BrNO5S. The van der Waals surface area contributed by atoms with Crippen molar-refractivity contribution in [1.29, 1.82) is 0 Å². The minimum Gasteiger partial charge on any atom is -0.465 e. The topological polar surface area (TPSA) is 82.4 Å². The number of fused-ring (bicyclic) bond motifs is 1. The molecule has 6 nitrogen and oxygen atoms in total. The Hall–Kier alpha value is -2.45. The van der Waals surface area contributed by atoms with Crippen LogP contribution in [0.15, 0.2) is 62.8 Å². The highest BCUT2D eigenvalue weighted by atomic mass is 79.9. The summed E-state index contributed by atoms with van der Waals surface area (Å²) in [4.78, 5) is 24.6. The SMILES string of the molecule is COC(=O)c1cn(S(=O)(=O)c2ccc(C)cc2)c2ccc(Br)cc2c1=O. The first kappa shape index (κ1) is 18.3. The highest BCUT2D eigenvalue weighted by Gasteiger charge is 2.23. The molecule has 134 valence electrons. The second kappa shape index (κ2) is 6.69. The van der Waals surface area contributed by atoms with Crippen molar-refractivity contribution in [3.8, 4) is 0 Å². The number of carbonyl (C=O) groups is 1. The van der Waals surface area contributed by atoms with E-state index in [1.165, 1.54) is 24.3 Å². The fourth-order valence-electron chi connectivity index (χ4n) is 2.55. The van der Waals surface area contributed by atoms with Crippen molar-refractivity contribution >= 4 is 42.8 Å². The minimum absolute atomic E-state index is 0.0479. The Kier molecular flexibility index (Phi) is 4.72. The van der Waals surface area contributed by atoms with Gasteiger partial charge in [-0.05, 0) is 37.3 Å². The lowest BCUT2D eigenvalue weighted by Gasteiger charge is -2.14. The van der Waals surface area contributed by atoms with Gasteiger partial charge in [-0.3, -0.25) is 4.79 Å². The lowest BCUT2D eigenvalue weighted by atomic mass is 10.1. The number of aryl methyl sites for hydroxylation is 1. The molecule has 0 saturated carbocycles. The Morgan fingerprint density at radius 3 is 2.38 bits per heavy atom. The van der Waals surface area contributed by atoms with E-state index < -0.39 is 21.4 Å². The van der Waals surface area contributed by atoms with Gasteiger partial charge in [0, 0.05) is 16.1 Å². The molecule has 0 saturated heterocycles. The molecule has 0 unspecified atom stereocenters. The number of pyridine rings is 1. The van der Waals surface area contributed by atoms with Crippen LogP contribution in [0, 0.1) is 6.92 Å². The molecule has 1 aromatic heterocycles. The van der Waals surface area contributed by atoms with Crippen molar-refractivity contribution in [3.05, 3.63) is 74.5 Å². The molecule has 8 heteroatoms. The van der Waals surface area contributed by atoms with Gasteiger partial charge >= 0.3 is 5.97 Å². The summed E-state index contributed by atoms with van der Waals surface area (Å²) >= 11 is 3.26. The summed E-state index contributed by atoms with van der Waals surface area (Å²) in [6.07, 6.45) is 1.01. The molecule has 0 amide bonds. The first-order valence-electron chi connectivity index (χ1n) is 7.51. The van der Waals surface area contributed by atoms with Crippen LogP contribution >= 0.6 is 15.9 Å². The zero-order chi connectivity index (χ0) is 19.1. The lowest BCUT2D eigenvalue weighted by molar-refractivity contribution is 0.0599. The Labute approximate surface area is 158 Å². The molecule has 3 aromatic rings. The Bertz CT molecular complexity index is 1180. The van der Waals surface area contributed by atoms with Crippen LogP contribution < -0.4 is 5.43 Å². The molecule has 0 aliphatic heterocycles.